The highest BCUT2D eigenvalue weighted by Crippen LogP contribution is 2.22. The van der Waals surface area contributed by atoms with E-state index in [1.54, 1.807) is 0 Å². The molecule has 1 fully saturated rings. The van der Waals surface area contributed by atoms with E-state index in [0.717, 1.165) is 30.7 Å². The minimum atomic E-state index is 0.117. The van der Waals surface area contributed by atoms with Crippen molar-refractivity contribution in [2.75, 3.05) is 37.6 Å². The van der Waals surface area contributed by atoms with Gasteiger partial charge < -0.3 is 10.6 Å². The Balaban J connectivity index is 1.96. The first-order chi connectivity index (χ1) is 8.53. The van der Waals surface area contributed by atoms with E-state index in [0.29, 0.717) is 6.54 Å². The van der Waals surface area contributed by atoms with Gasteiger partial charge in [0.2, 0.25) is 0 Å². The molecule has 18 heavy (non-hydrogen) atoms. The smallest absolute Gasteiger partial charge is 0.0367 e. The first-order valence-electron chi connectivity index (χ1n) is 6.48. The summed E-state index contributed by atoms with van der Waals surface area (Å²) in [6, 6.07) is 8.55. The zero-order chi connectivity index (χ0) is 13.2. The molecule has 0 amide bonds. The summed E-state index contributed by atoms with van der Waals surface area (Å²) in [6.45, 7) is 9.48. The molecule has 1 aliphatic rings. The Morgan fingerprint density at radius 2 is 1.67 bits per heavy atom. The van der Waals surface area contributed by atoms with Gasteiger partial charge in [-0.2, -0.15) is 0 Å². The minimum absolute atomic E-state index is 0.117. The topological polar surface area (TPSA) is 32.5 Å². The SMILES string of the molecule is CC(C)(CN)N1CCN(c2ccc(Br)cc2)CC1. The molecule has 100 valence electrons. The average Bonchev–Trinajstić information content (AvgIpc) is 2.40. The summed E-state index contributed by atoms with van der Waals surface area (Å²) >= 11 is 3.47. The maximum atomic E-state index is 5.84. The number of anilines is 1. The number of hydrogen-bond acceptors (Lipinski definition) is 3. The quantitative estimate of drug-likeness (QED) is 0.930. The lowest BCUT2D eigenvalue weighted by Gasteiger charge is -2.44. The second-order valence-corrected chi connectivity index (χ2v) is 6.38. The van der Waals surface area contributed by atoms with Gasteiger partial charge in [0.05, 0.1) is 0 Å². The predicted octanol–water partition coefficient (Wildman–Crippen LogP) is 2.31. The van der Waals surface area contributed by atoms with Crippen molar-refractivity contribution in [3.8, 4) is 0 Å². The molecule has 1 heterocycles. The van der Waals surface area contributed by atoms with Crippen LogP contribution in [-0.2, 0) is 0 Å². The Labute approximate surface area is 118 Å². The van der Waals surface area contributed by atoms with E-state index in [9.17, 15) is 0 Å². The lowest BCUT2D eigenvalue weighted by Crippen LogP contribution is -2.57. The first-order valence-corrected chi connectivity index (χ1v) is 7.28. The maximum Gasteiger partial charge on any atom is 0.0367 e. The van der Waals surface area contributed by atoms with Crippen LogP contribution in [0.15, 0.2) is 28.7 Å². The normalized spacial score (nSPS) is 18.1. The van der Waals surface area contributed by atoms with Crippen molar-refractivity contribution in [3.05, 3.63) is 28.7 Å². The molecule has 0 unspecified atom stereocenters. The molecule has 0 spiro atoms. The zero-order valence-electron chi connectivity index (χ0n) is 11.2. The summed E-state index contributed by atoms with van der Waals surface area (Å²) in [7, 11) is 0. The summed E-state index contributed by atoms with van der Waals surface area (Å²) in [5, 5.41) is 0. The lowest BCUT2D eigenvalue weighted by molar-refractivity contribution is 0.119. The average molecular weight is 312 g/mol. The van der Waals surface area contributed by atoms with Gasteiger partial charge >= 0.3 is 0 Å². The van der Waals surface area contributed by atoms with E-state index in [1.165, 1.54) is 5.69 Å². The summed E-state index contributed by atoms with van der Waals surface area (Å²) in [4.78, 5) is 4.93. The highest BCUT2D eigenvalue weighted by molar-refractivity contribution is 9.10. The summed E-state index contributed by atoms with van der Waals surface area (Å²) in [5.41, 5.74) is 7.26. The predicted molar refractivity (Wildman–Crippen MR) is 81.1 cm³/mol. The summed E-state index contributed by atoms with van der Waals surface area (Å²) in [5.74, 6) is 0. The van der Waals surface area contributed by atoms with Crippen molar-refractivity contribution < 1.29 is 0 Å². The van der Waals surface area contributed by atoms with E-state index in [1.807, 2.05) is 0 Å². The number of nitrogens with zero attached hydrogens (tertiary/aromatic N) is 2. The molecular weight excluding hydrogens is 290 g/mol. The fraction of sp³-hybridized carbons (Fsp3) is 0.571. The Morgan fingerprint density at radius 1 is 1.11 bits per heavy atom. The Morgan fingerprint density at radius 3 is 2.17 bits per heavy atom. The van der Waals surface area contributed by atoms with Gasteiger partial charge in [0.25, 0.3) is 0 Å². The number of piperazine rings is 1. The third-order valence-corrected chi connectivity index (χ3v) is 4.36. The van der Waals surface area contributed by atoms with Crippen LogP contribution in [-0.4, -0.2) is 43.2 Å². The monoisotopic (exact) mass is 311 g/mol. The summed E-state index contributed by atoms with van der Waals surface area (Å²) < 4.78 is 1.13. The van der Waals surface area contributed by atoms with Crippen molar-refractivity contribution in [2.24, 2.45) is 5.73 Å². The lowest BCUT2D eigenvalue weighted by atomic mass is 10.0. The van der Waals surface area contributed by atoms with Crippen LogP contribution in [0.2, 0.25) is 0 Å². The van der Waals surface area contributed by atoms with Crippen molar-refractivity contribution in [1.29, 1.82) is 0 Å². The molecule has 0 atom stereocenters. The maximum absolute atomic E-state index is 5.84. The standard InChI is InChI=1S/C14H22BrN3/c1-14(2,11-16)18-9-7-17(8-10-18)13-5-3-12(15)4-6-13/h3-6H,7-11,16H2,1-2H3. The summed E-state index contributed by atoms with van der Waals surface area (Å²) in [6.07, 6.45) is 0. The van der Waals surface area contributed by atoms with Gasteiger partial charge in [0, 0.05) is 48.4 Å². The van der Waals surface area contributed by atoms with Crippen LogP contribution in [0.25, 0.3) is 0 Å². The number of halogens is 1. The third kappa shape index (κ3) is 3.05. The molecule has 3 nitrogen and oxygen atoms in total. The molecule has 0 saturated carbocycles. The van der Waals surface area contributed by atoms with Crippen LogP contribution < -0.4 is 10.6 Å². The van der Waals surface area contributed by atoms with E-state index >= 15 is 0 Å². The van der Waals surface area contributed by atoms with E-state index < -0.39 is 0 Å². The molecule has 0 bridgehead atoms. The largest absolute Gasteiger partial charge is 0.369 e. The molecule has 1 aliphatic heterocycles. The Kier molecular flexibility index (Phi) is 4.30. The number of nitrogens with two attached hydrogens (primary N) is 1. The van der Waals surface area contributed by atoms with Gasteiger partial charge in [-0.15, -0.1) is 0 Å². The van der Waals surface area contributed by atoms with E-state index in [-0.39, 0.29) is 5.54 Å². The van der Waals surface area contributed by atoms with Crippen molar-refractivity contribution in [3.63, 3.8) is 0 Å². The van der Waals surface area contributed by atoms with Crippen LogP contribution in [0, 0.1) is 0 Å². The van der Waals surface area contributed by atoms with Crippen LogP contribution in [0.1, 0.15) is 13.8 Å². The molecule has 2 rings (SSSR count). The molecule has 0 aliphatic carbocycles. The van der Waals surface area contributed by atoms with Crippen molar-refractivity contribution in [2.45, 2.75) is 19.4 Å². The Hall–Kier alpha value is -0.580. The second-order valence-electron chi connectivity index (χ2n) is 5.47. The number of rotatable bonds is 3. The van der Waals surface area contributed by atoms with Gasteiger partial charge in [0.15, 0.2) is 0 Å². The molecule has 1 saturated heterocycles. The molecule has 0 radical (unpaired) electrons. The fourth-order valence-corrected chi connectivity index (χ4v) is 2.62. The molecule has 0 aromatic heterocycles. The highest BCUT2D eigenvalue weighted by Gasteiger charge is 2.28. The fourth-order valence-electron chi connectivity index (χ4n) is 2.35. The molecule has 2 N–H and O–H groups in total. The zero-order valence-corrected chi connectivity index (χ0v) is 12.8. The third-order valence-electron chi connectivity index (χ3n) is 3.83. The van der Waals surface area contributed by atoms with Gasteiger partial charge in [-0.05, 0) is 38.1 Å². The first kappa shape index (κ1) is 13.8. The van der Waals surface area contributed by atoms with Crippen molar-refractivity contribution >= 4 is 21.6 Å². The van der Waals surface area contributed by atoms with Crippen LogP contribution in [0.3, 0.4) is 0 Å². The van der Waals surface area contributed by atoms with Gasteiger partial charge in [-0.3, -0.25) is 4.90 Å². The minimum Gasteiger partial charge on any atom is -0.369 e. The van der Waals surface area contributed by atoms with Crippen LogP contribution >= 0.6 is 15.9 Å². The van der Waals surface area contributed by atoms with Gasteiger partial charge in [-0.1, -0.05) is 15.9 Å². The van der Waals surface area contributed by atoms with E-state index in [2.05, 4.69) is 63.8 Å². The second kappa shape index (κ2) is 5.59. The number of hydrogen-bond donors (Lipinski definition) is 1. The van der Waals surface area contributed by atoms with Crippen LogP contribution in [0.4, 0.5) is 5.69 Å². The van der Waals surface area contributed by atoms with Gasteiger partial charge in [-0.25, -0.2) is 0 Å². The Bertz CT molecular complexity index is 381. The van der Waals surface area contributed by atoms with Gasteiger partial charge in [0.1, 0.15) is 0 Å². The number of benzene rings is 1. The van der Waals surface area contributed by atoms with Crippen LogP contribution in [0.5, 0.6) is 0 Å². The van der Waals surface area contributed by atoms with E-state index in [4.69, 9.17) is 5.73 Å². The molecule has 1 aromatic rings. The highest BCUT2D eigenvalue weighted by atomic mass is 79.9. The molecule has 1 aromatic carbocycles. The molecular formula is C14H22BrN3. The van der Waals surface area contributed by atoms with Crippen molar-refractivity contribution in [1.82, 2.24) is 4.90 Å². The molecule has 4 heteroatoms.